The number of carbonyl (C=O) groups is 1. The molecule has 120 valence electrons. The maximum absolute atomic E-state index is 11.5. The monoisotopic (exact) mass is 334 g/mol. The highest BCUT2D eigenvalue weighted by Crippen LogP contribution is 2.18. The summed E-state index contributed by atoms with van der Waals surface area (Å²) in [4.78, 5) is 18.2. The average molecular weight is 335 g/mol. The Balaban J connectivity index is 0.00000200. The van der Waals surface area contributed by atoms with Crippen molar-refractivity contribution in [3.8, 4) is 0 Å². The van der Waals surface area contributed by atoms with E-state index in [1.165, 1.54) is 12.8 Å². The van der Waals surface area contributed by atoms with Crippen molar-refractivity contribution in [1.29, 1.82) is 0 Å². The molecule has 0 radical (unpaired) electrons. The Bertz CT molecular complexity index is 425. The molecule has 1 amide bonds. The molecular weight excluding hydrogens is 311 g/mol. The predicted octanol–water partition coefficient (Wildman–Crippen LogP) is 1.75. The van der Waals surface area contributed by atoms with E-state index in [1.54, 1.807) is 0 Å². The fraction of sp³-hybridized carbons (Fsp3) is 0.571. The first-order valence-corrected chi connectivity index (χ1v) is 6.91. The second-order valence-corrected chi connectivity index (χ2v) is 4.85. The minimum Gasteiger partial charge on any atom is -0.357 e. The number of anilines is 1. The van der Waals surface area contributed by atoms with Gasteiger partial charge in [0.05, 0.1) is 0 Å². The number of amides is 1. The van der Waals surface area contributed by atoms with Crippen molar-refractivity contribution in [3.05, 3.63) is 23.9 Å². The van der Waals surface area contributed by atoms with E-state index in [1.807, 2.05) is 19.3 Å². The van der Waals surface area contributed by atoms with Crippen LogP contribution >= 0.6 is 24.8 Å². The molecule has 0 spiro atoms. The minimum atomic E-state index is 0. The summed E-state index contributed by atoms with van der Waals surface area (Å²) in [5.74, 6) is 1.10. The standard InChI is InChI=1S/C14H22N4O.2ClH/c1-15-6-5-14(19)17-11-12-4-7-16-13(10-12)18-8-2-3-9-18;;/h4,7,10,15H,2-3,5-6,8-9,11H2,1H3,(H,17,19);2*1H. The van der Waals surface area contributed by atoms with Crippen molar-refractivity contribution in [2.75, 3.05) is 31.6 Å². The van der Waals surface area contributed by atoms with Crippen LogP contribution in [-0.2, 0) is 11.3 Å². The van der Waals surface area contributed by atoms with Gasteiger partial charge in [0.15, 0.2) is 0 Å². The number of rotatable bonds is 6. The molecule has 5 nitrogen and oxygen atoms in total. The van der Waals surface area contributed by atoms with E-state index in [4.69, 9.17) is 0 Å². The molecule has 1 aromatic heterocycles. The highest BCUT2D eigenvalue weighted by atomic mass is 35.5. The van der Waals surface area contributed by atoms with E-state index in [2.05, 4.69) is 26.6 Å². The topological polar surface area (TPSA) is 57.3 Å². The third-order valence-electron chi connectivity index (χ3n) is 3.33. The average Bonchev–Trinajstić information content (AvgIpc) is 2.97. The van der Waals surface area contributed by atoms with Gasteiger partial charge in [-0.15, -0.1) is 24.8 Å². The molecule has 0 aromatic carbocycles. The Labute approximate surface area is 138 Å². The summed E-state index contributed by atoms with van der Waals surface area (Å²) in [5, 5.41) is 5.89. The fourth-order valence-electron chi connectivity index (χ4n) is 2.22. The van der Waals surface area contributed by atoms with Crippen molar-refractivity contribution in [2.24, 2.45) is 0 Å². The van der Waals surface area contributed by atoms with Crippen molar-refractivity contribution < 1.29 is 4.79 Å². The van der Waals surface area contributed by atoms with Gasteiger partial charge in [0.2, 0.25) is 5.91 Å². The Morgan fingerprint density at radius 3 is 2.71 bits per heavy atom. The summed E-state index contributed by atoms with van der Waals surface area (Å²) in [6, 6.07) is 4.03. The van der Waals surface area contributed by atoms with Gasteiger partial charge in [-0.2, -0.15) is 0 Å². The van der Waals surface area contributed by atoms with Crippen LogP contribution in [0.2, 0.25) is 0 Å². The molecule has 2 N–H and O–H groups in total. The zero-order chi connectivity index (χ0) is 13.5. The number of hydrogen-bond donors (Lipinski definition) is 2. The maximum atomic E-state index is 11.5. The number of pyridine rings is 1. The van der Waals surface area contributed by atoms with Crippen LogP contribution in [0.5, 0.6) is 0 Å². The Hall–Kier alpha value is -1.04. The Morgan fingerprint density at radius 1 is 1.33 bits per heavy atom. The lowest BCUT2D eigenvalue weighted by molar-refractivity contribution is -0.121. The molecule has 0 atom stereocenters. The molecular formula is C14H24Cl2N4O. The van der Waals surface area contributed by atoms with Crippen LogP contribution in [0.25, 0.3) is 0 Å². The normalized spacial score (nSPS) is 13.3. The number of halogens is 2. The first kappa shape index (κ1) is 20.0. The first-order valence-electron chi connectivity index (χ1n) is 6.91. The zero-order valence-electron chi connectivity index (χ0n) is 12.3. The number of hydrogen-bond acceptors (Lipinski definition) is 4. The molecule has 7 heteroatoms. The van der Waals surface area contributed by atoms with Gasteiger partial charge in [-0.1, -0.05) is 0 Å². The van der Waals surface area contributed by atoms with Crippen LogP contribution in [-0.4, -0.2) is 37.6 Å². The summed E-state index contributed by atoms with van der Waals surface area (Å²) in [7, 11) is 1.85. The van der Waals surface area contributed by atoms with Gasteiger partial charge in [0, 0.05) is 38.8 Å². The van der Waals surface area contributed by atoms with Crippen molar-refractivity contribution >= 4 is 36.5 Å². The molecule has 21 heavy (non-hydrogen) atoms. The van der Waals surface area contributed by atoms with Crippen LogP contribution in [0, 0.1) is 0 Å². The second kappa shape index (κ2) is 10.7. The van der Waals surface area contributed by atoms with Crippen molar-refractivity contribution in [2.45, 2.75) is 25.8 Å². The van der Waals surface area contributed by atoms with Gasteiger partial charge in [-0.3, -0.25) is 4.79 Å². The maximum Gasteiger partial charge on any atom is 0.221 e. The Kier molecular flexibility index (Phi) is 10.1. The quantitative estimate of drug-likeness (QED) is 0.832. The van der Waals surface area contributed by atoms with Gasteiger partial charge in [-0.05, 0) is 37.6 Å². The molecule has 1 aliphatic heterocycles. The summed E-state index contributed by atoms with van der Waals surface area (Å²) in [5.41, 5.74) is 1.11. The van der Waals surface area contributed by atoms with Crippen LogP contribution in [0.3, 0.4) is 0 Å². The molecule has 2 heterocycles. The van der Waals surface area contributed by atoms with Gasteiger partial charge < -0.3 is 15.5 Å². The third kappa shape index (κ3) is 6.50. The van der Waals surface area contributed by atoms with Crippen molar-refractivity contribution in [3.63, 3.8) is 0 Å². The Morgan fingerprint density at radius 2 is 2.05 bits per heavy atom. The predicted molar refractivity (Wildman–Crippen MR) is 90.6 cm³/mol. The smallest absolute Gasteiger partial charge is 0.221 e. The molecule has 0 unspecified atom stereocenters. The third-order valence-corrected chi connectivity index (χ3v) is 3.33. The van der Waals surface area contributed by atoms with E-state index in [9.17, 15) is 4.79 Å². The lowest BCUT2D eigenvalue weighted by Crippen LogP contribution is -2.26. The lowest BCUT2D eigenvalue weighted by atomic mass is 10.2. The minimum absolute atomic E-state index is 0. The largest absolute Gasteiger partial charge is 0.357 e. The molecule has 2 rings (SSSR count). The van der Waals surface area contributed by atoms with E-state index >= 15 is 0 Å². The van der Waals surface area contributed by atoms with Crippen LogP contribution in [0.1, 0.15) is 24.8 Å². The van der Waals surface area contributed by atoms with Crippen LogP contribution in [0.4, 0.5) is 5.82 Å². The van der Waals surface area contributed by atoms with E-state index < -0.39 is 0 Å². The molecule has 0 saturated carbocycles. The second-order valence-electron chi connectivity index (χ2n) is 4.85. The summed E-state index contributed by atoms with van der Waals surface area (Å²) in [6.07, 6.45) is 4.82. The van der Waals surface area contributed by atoms with Crippen LogP contribution < -0.4 is 15.5 Å². The lowest BCUT2D eigenvalue weighted by Gasteiger charge is -2.17. The number of carbonyl (C=O) groups excluding carboxylic acids is 1. The van der Waals surface area contributed by atoms with Crippen molar-refractivity contribution in [1.82, 2.24) is 15.6 Å². The van der Waals surface area contributed by atoms with Gasteiger partial charge in [0.25, 0.3) is 0 Å². The van der Waals surface area contributed by atoms with Crippen LogP contribution in [0.15, 0.2) is 18.3 Å². The molecule has 0 bridgehead atoms. The molecule has 1 fully saturated rings. The molecule has 1 aromatic rings. The van der Waals surface area contributed by atoms with Gasteiger partial charge in [0.1, 0.15) is 5.82 Å². The van der Waals surface area contributed by atoms with E-state index in [0.29, 0.717) is 19.5 Å². The number of nitrogens with one attached hydrogen (secondary N) is 2. The summed E-state index contributed by atoms with van der Waals surface area (Å²) >= 11 is 0. The van der Waals surface area contributed by atoms with Gasteiger partial charge >= 0.3 is 0 Å². The zero-order valence-corrected chi connectivity index (χ0v) is 13.9. The SMILES string of the molecule is CNCCC(=O)NCc1ccnc(N2CCCC2)c1.Cl.Cl. The highest BCUT2D eigenvalue weighted by molar-refractivity contribution is 5.85. The van der Waals surface area contributed by atoms with Gasteiger partial charge in [-0.25, -0.2) is 4.98 Å². The fourth-order valence-corrected chi connectivity index (χ4v) is 2.22. The summed E-state index contributed by atoms with van der Waals surface area (Å²) in [6.45, 7) is 3.46. The summed E-state index contributed by atoms with van der Waals surface area (Å²) < 4.78 is 0. The first-order chi connectivity index (χ1) is 9.29. The highest BCUT2D eigenvalue weighted by Gasteiger charge is 2.13. The van der Waals surface area contributed by atoms with E-state index in [-0.39, 0.29) is 30.7 Å². The number of aromatic nitrogens is 1. The molecule has 1 saturated heterocycles. The van der Waals surface area contributed by atoms with E-state index in [0.717, 1.165) is 24.5 Å². The molecule has 0 aliphatic carbocycles. The molecule has 1 aliphatic rings. The number of nitrogens with zero attached hydrogens (tertiary/aromatic N) is 2.